The third-order valence-electron chi connectivity index (χ3n) is 5.84. The van der Waals surface area contributed by atoms with E-state index in [1.807, 2.05) is 11.8 Å². The predicted molar refractivity (Wildman–Crippen MR) is 113 cm³/mol. The van der Waals surface area contributed by atoms with Crippen LogP contribution < -0.4 is 4.90 Å². The summed E-state index contributed by atoms with van der Waals surface area (Å²) in [5, 5.41) is 0. The summed E-state index contributed by atoms with van der Waals surface area (Å²) in [4.78, 5) is 8.13. The Labute approximate surface area is 162 Å². The van der Waals surface area contributed by atoms with E-state index in [4.69, 9.17) is 0 Å². The molecule has 0 N–H and O–H groups in total. The molecule has 0 amide bonds. The van der Waals surface area contributed by atoms with Gasteiger partial charge in [0.05, 0.1) is 5.69 Å². The van der Waals surface area contributed by atoms with E-state index in [0.717, 1.165) is 12.6 Å². The van der Waals surface area contributed by atoms with Crippen molar-refractivity contribution >= 4 is 17.4 Å². The van der Waals surface area contributed by atoms with Crippen LogP contribution in [0.1, 0.15) is 36.0 Å². The molecular formula is C23H30N2S. The number of piperazine rings is 1. The van der Waals surface area contributed by atoms with E-state index >= 15 is 0 Å². The van der Waals surface area contributed by atoms with E-state index in [2.05, 4.69) is 67.0 Å². The van der Waals surface area contributed by atoms with Gasteiger partial charge in [0.25, 0.3) is 0 Å². The molecule has 0 aliphatic carbocycles. The number of fused-ring (bicyclic) bond motifs is 1. The molecule has 0 radical (unpaired) electrons. The Bertz CT molecular complexity index is 786. The molecule has 26 heavy (non-hydrogen) atoms. The minimum absolute atomic E-state index is 0.748. The van der Waals surface area contributed by atoms with Gasteiger partial charge in [0.2, 0.25) is 0 Å². The lowest BCUT2D eigenvalue weighted by atomic mass is 9.99. The quantitative estimate of drug-likeness (QED) is 0.714. The first-order chi connectivity index (χ1) is 12.6. The first-order valence-corrected chi connectivity index (χ1v) is 10.8. The Morgan fingerprint density at radius 2 is 1.65 bits per heavy atom. The van der Waals surface area contributed by atoms with E-state index in [1.165, 1.54) is 71.1 Å². The van der Waals surface area contributed by atoms with Crippen molar-refractivity contribution in [2.24, 2.45) is 0 Å². The molecule has 2 nitrogen and oxygen atoms in total. The van der Waals surface area contributed by atoms with Crippen molar-refractivity contribution in [3.05, 3.63) is 53.1 Å². The van der Waals surface area contributed by atoms with Crippen LogP contribution >= 0.6 is 11.8 Å². The second kappa shape index (κ2) is 7.66. The first kappa shape index (κ1) is 17.9. The highest BCUT2D eigenvalue weighted by Crippen LogP contribution is 2.39. The lowest BCUT2D eigenvalue weighted by molar-refractivity contribution is 0.133. The molecule has 2 aliphatic heterocycles. The minimum Gasteiger partial charge on any atom is -0.368 e. The zero-order valence-corrected chi connectivity index (χ0v) is 17.1. The van der Waals surface area contributed by atoms with Gasteiger partial charge in [-0.05, 0) is 69.5 Å². The fourth-order valence-corrected chi connectivity index (χ4v) is 5.51. The fraction of sp³-hybridized carbons (Fsp3) is 0.478. The lowest BCUT2D eigenvalue weighted by Gasteiger charge is -2.45. The maximum Gasteiger partial charge on any atom is 0.0509 e. The Balaban J connectivity index is 1.60. The number of hydrogen-bond acceptors (Lipinski definition) is 3. The Hall–Kier alpha value is -1.45. The molecule has 2 saturated heterocycles. The molecule has 1 atom stereocenters. The van der Waals surface area contributed by atoms with Crippen molar-refractivity contribution in [2.45, 2.75) is 55.9 Å². The van der Waals surface area contributed by atoms with Crippen LogP contribution in [-0.2, 0) is 0 Å². The monoisotopic (exact) mass is 366 g/mol. The van der Waals surface area contributed by atoms with Crippen LogP contribution in [0.5, 0.6) is 0 Å². The summed E-state index contributed by atoms with van der Waals surface area (Å²) in [5.41, 5.74) is 5.48. The SMILES string of the molecule is Cc1ccc(Sc2cc(C)ccc2N2CCN3CCCCC3C2)c(C)c1. The van der Waals surface area contributed by atoms with E-state index in [0.29, 0.717) is 0 Å². The van der Waals surface area contributed by atoms with Gasteiger partial charge in [-0.25, -0.2) is 0 Å². The molecule has 1 unspecified atom stereocenters. The van der Waals surface area contributed by atoms with Crippen LogP contribution in [0, 0.1) is 20.8 Å². The first-order valence-electron chi connectivity index (χ1n) is 9.95. The molecule has 0 spiro atoms. The van der Waals surface area contributed by atoms with Crippen molar-refractivity contribution in [2.75, 3.05) is 31.1 Å². The number of piperidine rings is 1. The Morgan fingerprint density at radius 3 is 2.50 bits per heavy atom. The van der Waals surface area contributed by atoms with Crippen LogP contribution in [0.2, 0.25) is 0 Å². The fourth-order valence-electron chi connectivity index (χ4n) is 4.37. The molecule has 4 rings (SSSR count). The molecule has 3 heteroatoms. The average Bonchev–Trinajstić information content (AvgIpc) is 2.64. The van der Waals surface area contributed by atoms with Gasteiger partial charge in [-0.1, -0.05) is 41.9 Å². The van der Waals surface area contributed by atoms with Crippen molar-refractivity contribution in [1.29, 1.82) is 0 Å². The van der Waals surface area contributed by atoms with E-state index < -0.39 is 0 Å². The highest BCUT2D eigenvalue weighted by molar-refractivity contribution is 7.99. The van der Waals surface area contributed by atoms with Crippen molar-refractivity contribution < 1.29 is 0 Å². The van der Waals surface area contributed by atoms with Crippen molar-refractivity contribution in [3.63, 3.8) is 0 Å². The molecule has 2 aromatic carbocycles. The van der Waals surface area contributed by atoms with Gasteiger partial charge >= 0.3 is 0 Å². The van der Waals surface area contributed by atoms with Gasteiger partial charge in [0.1, 0.15) is 0 Å². The molecule has 2 aromatic rings. The highest BCUT2D eigenvalue weighted by Gasteiger charge is 2.29. The van der Waals surface area contributed by atoms with Crippen LogP contribution in [0.25, 0.3) is 0 Å². The predicted octanol–water partition coefficient (Wildman–Crippen LogP) is 5.44. The number of aryl methyl sites for hydroxylation is 3. The number of anilines is 1. The smallest absolute Gasteiger partial charge is 0.0509 e. The molecular weight excluding hydrogens is 336 g/mol. The Kier molecular flexibility index (Phi) is 5.28. The maximum absolute atomic E-state index is 2.71. The molecule has 0 bridgehead atoms. The third-order valence-corrected chi connectivity index (χ3v) is 7.07. The normalized spacial score (nSPS) is 20.9. The maximum atomic E-state index is 2.71. The molecule has 2 aliphatic rings. The molecule has 0 aromatic heterocycles. The lowest BCUT2D eigenvalue weighted by Crippen LogP contribution is -2.55. The van der Waals surface area contributed by atoms with Gasteiger partial charge in [-0.2, -0.15) is 0 Å². The van der Waals surface area contributed by atoms with Crippen LogP contribution in [-0.4, -0.2) is 37.1 Å². The van der Waals surface area contributed by atoms with Crippen LogP contribution in [0.15, 0.2) is 46.2 Å². The van der Waals surface area contributed by atoms with Gasteiger partial charge in [-0.15, -0.1) is 0 Å². The zero-order chi connectivity index (χ0) is 18.1. The average molecular weight is 367 g/mol. The van der Waals surface area contributed by atoms with Crippen LogP contribution in [0.3, 0.4) is 0 Å². The van der Waals surface area contributed by atoms with Gasteiger partial charge in [0, 0.05) is 35.5 Å². The topological polar surface area (TPSA) is 6.48 Å². The number of nitrogens with zero attached hydrogens (tertiary/aromatic N) is 2. The summed E-state index contributed by atoms with van der Waals surface area (Å²) in [7, 11) is 0. The largest absolute Gasteiger partial charge is 0.368 e. The number of benzene rings is 2. The number of hydrogen-bond donors (Lipinski definition) is 0. The summed E-state index contributed by atoms with van der Waals surface area (Å²) in [6.07, 6.45) is 4.14. The van der Waals surface area contributed by atoms with Crippen molar-refractivity contribution in [1.82, 2.24) is 4.90 Å². The Morgan fingerprint density at radius 1 is 0.846 bits per heavy atom. The second-order valence-electron chi connectivity index (χ2n) is 7.97. The van der Waals surface area contributed by atoms with Crippen LogP contribution in [0.4, 0.5) is 5.69 Å². The summed E-state index contributed by atoms with van der Waals surface area (Å²) in [5.74, 6) is 0. The van der Waals surface area contributed by atoms with Crippen molar-refractivity contribution in [3.8, 4) is 0 Å². The van der Waals surface area contributed by atoms with Gasteiger partial charge in [-0.3, -0.25) is 4.90 Å². The summed E-state index contributed by atoms with van der Waals surface area (Å²) < 4.78 is 0. The minimum atomic E-state index is 0.748. The van der Waals surface area contributed by atoms with Gasteiger partial charge in [0.15, 0.2) is 0 Å². The summed E-state index contributed by atoms with van der Waals surface area (Å²) in [6.45, 7) is 11.5. The summed E-state index contributed by atoms with van der Waals surface area (Å²) >= 11 is 1.93. The number of rotatable bonds is 3. The van der Waals surface area contributed by atoms with E-state index in [9.17, 15) is 0 Å². The molecule has 138 valence electrons. The highest BCUT2D eigenvalue weighted by atomic mass is 32.2. The third kappa shape index (κ3) is 3.79. The molecule has 0 saturated carbocycles. The van der Waals surface area contributed by atoms with E-state index in [1.54, 1.807) is 0 Å². The van der Waals surface area contributed by atoms with E-state index in [-0.39, 0.29) is 0 Å². The summed E-state index contributed by atoms with van der Waals surface area (Å²) in [6, 6.07) is 14.5. The van der Waals surface area contributed by atoms with Gasteiger partial charge < -0.3 is 4.90 Å². The molecule has 2 heterocycles. The second-order valence-corrected chi connectivity index (χ2v) is 9.06. The standard InChI is InChI=1S/C23H30N2S/c1-17-8-10-22(19(3)14-17)26-23-15-18(2)7-9-21(23)25-13-12-24-11-5-4-6-20(24)16-25/h7-10,14-15,20H,4-6,11-13,16H2,1-3H3. The zero-order valence-electron chi connectivity index (χ0n) is 16.3. The molecule has 2 fully saturated rings.